The van der Waals surface area contributed by atoms with Gasteiger partial charge >= 0.3 is 0 Å². The Morgan fingerprint density at radius 3 is 2.50 bits per heavy atom. The van der Waals surface area contributed by atoms with E-state index in [1.54, 1.807) is 42.5 Å². The number of nitriles is 1. The summed E-state index contributed by atoms with van der Waals surface area (Å²) in [6.45, 7) is -0.0205. The summed E-state index contributed by atoms with van der Waals surface area (Å²) in [4.78, 5) is 10.3. The van der Waals surface area contributed by atoms with Gasteiger partial charge < -0.3 is 9.47 Å². The molecule has 3 aromatic carbocycles. The van der Waals surface area contributed by atoms with Crippen molar-refractivity contribution in [2.45, 2.75) is 6.61 Å². The second kappa shape index (κ2) is 9.34. The second-order valence-corrected chi connectivity index (χ2v) is 6.23. The first-order valence-corrected chi connectivity index (χ1v) is 8.93. The molecule has 0 aliphatic heterocycles. The minimum Gasteiger partial charge on any atom is -0.493 e. The highest BCUT2D eigenvalue weighted by Crippen LogP contribution is 2.34. The maximum atomic E-state index is 13.9. The van der Waals surface area contributed by atoms with E-state index in [9.17, 15) is 19.8 Å². The zero-order chi connectivity index (χ0) is 21.5. The summed E-state index contributed by atoms with van der Waals surface area (Å²) in [6.07, 6.45) is 1.60. The number of para-hydroxylation sites is 1. The first kappa shape index (κ1) is 20.6. The van der Waals surface area contributed by atoms with Crippen molar-refractivity contribution in [3.05, 3.63) is 99.4 Å². The van der Waals surface area contributed by atoms with Gasteiger partial charge in [-0.15, -0.1) is 0 Å². The van der Waals surface area contributed by atoms with E-state index in [1.807, 2.05) is 0 Å². The summed E-state index contributed by atoms with van der Waals surface area (Å²) < 4.78 is 25.1. The van der Waals surface area contributed by atoms with Gasteiger partial charge in [0.15, 0.2) is 11.5 Å². The molecule has 0 saturated carbocycles. The van der Waals surface area contributed by atoms with E-state index in [1.165, 1.54) is 37.4 Å². The average molecular weight is 404 g/mol. The first-order valence-electron chi connectivity index (χ1n) is 8.93. The van der Waals surface area contributed by atoms with Gasteiger partial charge in [-0.25, -0.2) is 4.39 Å². The molecule has 6 nitrogen and oxygen atoms in total. The number of rotatable bonds is 7. The number of nitrogens with zero attached hydrogens (tertiary/aromatic N) is 2. The van der Waals surface area contributed by atoms with Gasteiger partial charge in [0, 0.05) is 23.3 Å². The molecule has 3 rings (SSSR count). The van der Waals surface area contributed by atoms with Crippen LogP contribution in [0, 0.1) is 27.3 Å². The van der Waals surface area contributed by atoms with Gasteiger partial charge in [-0.2, -0.15) is 5.26 Å². The van der Waals surface area contributed by atoms with Crippen molar-refractivity contribution in [1.82, 2.24) is 0 Å². The number of hydrogen-bond donors (Lipinski definition) is 0. The van der Waals surface area contributed by atoms with Crippen molar-refractivity contribution in [2.24, 2.45) is 0 Å². The number of non-ortho nitro benzene ring substituents is 1. The van der Waals surface area contributed by atoms with Gasteiger partial charge in [-0.05, 0) is 35.9 Å². The monoisotopic (exact) mass is 404 g/mol. The molecule has 0 saturated heterocycles. The third-order valence-electron chi connectivity index (χ3n) is 4.37. The predicted molar refractivity (Wildman–Crippen MR) is 110 cm³/mol. The van der Waals surface area contributed by atoms with Crippen molar-refractivity contribution in [1.29, 1.82) is 5.26 Å². The number of hydrogen-bond acceptors (Lipinski definition) is 5. The lowest BCUT2D eigenvalue weighted by atomic mass is 10.0. The highest BCUT2D eigenvalue weighted by atomic mass is 19.1. The van der Waals surface area contributed by atoms with Crippen LogP contribution in [0.4, 0.5) is 10.1 Å². The van der Waals surface area contributed by atoms with Crippen LogP contribution in [0.3, 0.4) is 0 Å². The minimum absolute atomic E-state index is 0.0205. The van der Waals surface area contributed by atoms with Crippen molar-refractivity contribution < 1.29 is 18.8 Å². The molecule has 0 bridgehead atoms. The van der Waals surface area contributed by atoms with E-state index in [0.717, 1.165) is 0 Å². The largest absolute Gasteiger partial charge is 0.493 e. The quantitative estimate of drug-likeness (QED) is 0.228. The molecule has 7 heteroatoms. The van der Waals surface area contributed by atoms with E-state index in [0.29, 0.717) is 28.2 Å². The van der Waals surface area contributed by atoms with E-state index >= 15 is 0 Å². The standard InChI is InChI=1S/C23H17FN2O4/c1-29-22-8-4-6-17(23(22)30-15-18-5-2-3-7-21(18)24)13-19(14-25)16-9-11-20(12-10-16)26(27)28/h2-13H,15H2,1H3. The maximum Gasteiger partial charge on any atom is 0.269 e. The van der Waals surface area contributed by atoms with Crippen LogP contribution in [-0.4, -0.2) is 12.0 Å². The Bertz CT molecular complexity index is 1130. The molecule has 0 fully saturated rings. The van der Waals surface area contributed by atoms with Gasteiger partial charge in [0.1, 0.15) is 12.4 Å². The van der Waals surface area contributed by atoms with Gasteiger partial charge in [0.25, 0.3) is 5.69 Å². The highest BCUT2D eigenvalue weighted by Gasteiger charge is 2.13. The molecular weight excluding hydrogens is 387 g/mol. The third-order valence-corrected chi connectivity index (χ3v) is 4.37. The molecular formula is C23H17FN2O4. The second-order valence-electron chi connectivity index (χ2n) is 6.23. The van der Waals surface area contributed by atoms with Crippen LogP contribution < -0.4 is 9.47 Å². The molecule has 0 heterocycles. The number of allylic oxidation sites excluding steroid dienone is 1. The van der Waals surface area contributed by atoms with Crippen LogP contribution in [0.15, 0.2) is 66.7 Å². The van der Waals surface area contributed by atoms with Gasteiger partial charge in [-0.3, -0.25) is 10.1 Å². The minimum atomic E-state index is -0.504. The van der Waals surface area contributed by atoms with E-state index in [-0.39, 0.29) is 23.7 Å². The van der Waals surface area contributed by atoms with Crippen LogP contribution in [0.25, 0.3) is 11.6 Å². The number of nitro benzene ring substituents is 1. The molecule has 150 valence electrons. The van der Waals surface area contributed by atoms with E-state index in [2.05, 4.69) is 6.07 Å². The van der Waals surface area contributed by atoms with E-state index < -0.39 is 4.92 Å². The summed E-state index contributed by atoms with van der Waals surface area (Å²) in [5.41, 5.74) is 1.68. The van der Waals surface area contributed by atoms with Crippen molar-refractivity contribution >= 4 is 17.3 Å². The fraction of sp³-hybridized carbons (Fsp3) is 0.0870. The highest BCUT2D eigenvalue weighted by molar-refractivity contribution is 5.91. The Morgan fingerprint density at radius 1 is 1.13 bits per heavy atom. The van der Waals surface area contributed by atoms with Crippen LogP contribution in [0.1, 0.15) is 16.7 Å². The van der Waals surface area contributed by atoms with Crippen LogP contribution in [-0.2, 0) is 6.61 Å². The summed E-state index contributed by atoms with van der Waals surface area (Å²) in [6, 6.07) is 19.2. The number of benzene rings is 3. The van der Waals surface area contributed by atoms with Crippen LogP contribution in [0.5, 0.6) is 11.5 Å². The first-order chi connectivity index (χ1) is 14.5. The normalized spacial score (nSPS) is 10.9. The van der Waals surface area contributed by atoms with Crippen LogP contribution in [0.2, 0.25) is 0 Å². The fourth-order valence-electron chi connectivity index (χ4n) is 2.83. The molecule has 0 aromatic heterocycles. The SMILES string of the molecule is COc1cccc(C=C(C#N)c2ccc([N+](=O)[O-])cc2)c1OCc1ccccc1F. The Morgan fingerprint density at radius 2 is 1.87 bits per heavy atom. The summed E-state index contributed by atoms with van der Waals surface area (Å²) >= 11 is 0. The van der Waals surface area contributed by atoms with Crippen LogP contribution >= 0.6 is 0 Å². The van der Waals surface area contributed by atoms with Crippen molar-refractivity contribution in [2.75, 3.05) is 7.11 Å². The Hall–Kier alpha value is -4.18. The lowest BCUT2D eigenvalue weighted by Gasteiger charge is -2.14. The molecule has 30 heavy (non-hydrogen) atoms. The molecule has 3 aromatic rings. The smallest absolute Gasteiger partial charge is 0.269 e. The zero-order valence-electron chi connectivity index (χ0n) is 16.0. The molecule has 0 atom stereocenters. The van der Waals surface area contributed by atoms with Gasteiger partial charge in [-0.1, -0.05) is 30.3 Å². The zero-order valence-corrected chi connectivity index (χ0v) is 16.0. The predicted octanol–water partition coefficient (Wildman–Crippen LogP) is 5.39. The third kappa shape index (κ3) is 4.62. The lowest BCUT2D eigenvalue weighted by Crippen LogP contribution is -2.01. The molecule has 0 aliphatic carbocycles. The van der Waals surface area contributed by atoms with Gasteiger partial charge in [0.2, 0.25) is 0 Å². The number of methoxy groups -OCH3 is 1. The molecule has 0 N–H and O–H groups in total. The lowest BCUT2D eigenvalue weighted by molar-refractivity contribution is -0.384. The Balaban J connectivity index is 1.97. The number of halogens is 1. The molecule has 0 unspecified atom stereocenters. The van der Waals surface area contributed by atoms with Crippen molar-refractivity contribution in [3.63, 3.8) is 0 Å². The molecule has 0 aliphatic rings. The fourth-order valence-corrected chi connectivity index (χ4v) is 2.83. The summed E-state index contributed by atoms with van der Waals surface area (Å²) in [5, 5.41) is 20.4. The molecule has 0 spiro atoms. The summed E-state index contributed by atoms with van der Waals surface area (Å²) in [5.74, 6) is 0.409. The number of nitro groups is 1. The molecule has 0 radical (unpaired) electrons. The van der Waals surface area contributed by atoms with Gasteiger partial charge in [0.05, 0.1) is 23.7 Å². The van der Waals surface area contributed by atoms with E-state index in [4.69, 9.17) is 9.47 Å². The van der Waals surface area contributed by atoms with Crippen molar-refractivity contribution in [3.8, 4) is 17.6 Å². The number of ether oxygens (including phenoxy) is 2. The molecule has 0 amide bonds. The maximum absolute atomic E-state index is 13.9. The average Bonchev–Trinajstić information content (AvgIpc) is 2.77. The summed E-state index contributed by atoms with van der Waals surface area (Å²) in [7, 11) is 1.49. The topological polar surface area (TPSA) is 85.4 Å². The Kier molecular flexibility index (Phi) is 6.40. The Labute approximate surface area is 172 Å².